The van der Waals surface area contributed by atoms with Crippen molar-refractivity contribution in [1.29, 1.82) is 5.26 Å². The number of alkyl halides is 3. The summed E-state index contributed by atoms with van der Waals surface area (Å²) in [5.74, 6) is -2.73. The van der Waals surface area contributed by atoms with Gasteiger partial charge in [-0.15, -0.1) is 0 Å². The van der Waals surface area contributed by atoms with Crippen molar-refractivity contribution in [3.63, 3.8) is 0 Å². The molecule has 0 aromatic heterocycles. The average molecular weight is 479 g/mol. The van der Waals surface area contributed by atoms with Gasteiger partial charge in [-0.1, -0.05) is 24.3 Å². The number of nitrogens with one attached hydrogen (secondary N) is 2. The number of carboxylic acids is 1. The molecule has 0 aliphatic carbocycles. The first kappa shape index (κ1) is 24.7. The van der Waals surface area contributed by atoms with Crippen molar-refractivity contribution in [2.24, 2.45) is 0 Å². The summed E-state index contributed by atoms with van der Waals surface area (Å²) in [6.07, 6.45) is -3.28. The number of nitriles is 1. The van der Waals surface area contributed by atoms with Crippen LogP contribution < -0.4 is 10.6 Å². The van der Waals surface area contributed by atoms with E-state index in [2.05, 4.69) is 10.6 Å². The number of halogens is 3. The lowest BCUT2D eigenvalue weighted by molar-refractivity contribution is -0.137. The molecule has 2 amide bonds. The molecule has 0 fully saturated rings. The zero-order valence-corrected chi connectivity index (χ0v) is 17.8. The molecule has 0 spiro atoms. The minimum atomic E-state index is -4.52. The minimum absolute atomic E-state index is 0.00753. The van der Waals surface area contributed by atoms with Crippen molar-refractivity contribution in [3.8, 4) is 6.07 Å². The molecule has 0 bridgehead atoms. The molecule has 7 nitrogen and oxygen atoms in total. The van der Waals surface area contributed by atoms with E-state index in [4.69, 9.17) is 0 Å². The van der Waals surface area contributed by atoms with Crippen molar-refractivity contribution in [2.75, 3.05) is 10.6 Å². The van der Waals surface area contributed by atoms with Crippen LogP contribution in [0.1, 0.15) is 31.8 Å². The van der Waals surface area contributed by atoms with E-state index in [9.17, 15) is 37.9 Å². The fourth-order valence-electron chi connectivity index (χ4n) is 3.00. The van der Waals surface area contributed by atoms with Crippen molar-refractivity contribution >= 4 is 35.2 Å². The van der Waals surface area contributed by atoms with Gasteiger partial charge in [-0.25, -0.2) is 4.79 Å². The number of amides is 2. The van der Waals surface area contributed by atoms with Crippen LogP contribution in [0.15, 0.2) is 78.4 Å². The van der Waals surface area contributed by atoms with Crippen LogP contribution in [-0.4, -0.2) is 22.9 Å². The number of rotatable bonds is 6. The summed E-state index contributed by atoms with van der Waals surface area (Å²) in [5.41, 5.74) is -0.681. The highest BCUT2D eigenvalue weighted by Gasteiger charge is 2.30. The van der Waals surface area contributed by atoms with Crippen LogP contribution in [0.25, 0.3) is 6.08 Å². The summed E-state index contributed by atoms with van der Waals surface area (Å²) in [6.45, 7) is 0. The molecule has 0 aliphatic rings. The summed E-state index contributed by atoms with van der Waals surface area (Å²) in [5, 5.41) is 23.6. The topological polar surface area (TPSA) is 119 Å². The highest BCUT2D eigenvalue weighted by molar-refractivity contribution is 6.12. The second-order valence-corrected chi connectivity index (χ2v) is 7.13. The summed E-state index contributed by atoms with van der Waals surface area (Å²) in [6, 6.07) is 17.2. The van der Waals surface area contributed by atoms with Gasteiger partial charge in [-0.3, -0.25) is 9.59 Å². The van der Waals surface area contributed by atoms with E-state index >= 15 is 0 Å². The third-order valence-corrected chi connectivity index (χ3v) is 4.70. The van der Waals surface area contributed by atoms with Gasteiger partial charge in [0, 0.05) is 11.3 Å². The molecule has 3 aromatic carbocycles. The van der Waals surface area contributed by atoms with E-state index in [0.29, 0.717) is 5.56 Å². The van der Waals surface area contributed by atoms with Gasteiger partial charge in [0.25, 0.3) is 11.8 Å². The quantitative estimate of drug-likeness (QED) is 0.332. The lowest BCUT2D eigenvalue weighted by atomic mass is 10.1. The largest absolute Gasteiger partial charge is 0.478 e. The number of carboxylic acid groups (broad SMARTS) is 1. The Morgan fingerprint density at radius 2 is 1.60 bits per heavy atom. The molecule has 3 aromatic rings. The Labute approximate surface area is 197 Å². The fraction of sp³-hybridized carbons (Fsp3) is 0.0400. The second-order valence-electron chi connectivity index (χ2n) is 7.13. The standard InChI is InChI=1S/C25H16F3N3O4/c26-25(27,28)18-10-8-16(9-11-18)22(32)30-19-5-3-4-15(13-19)12-17(14-29)23(33)31-21-7-2-1-6-20(21)24(34)35/h1-13H,(H,30,32)(H,31,33)(H,34,35)/b17-12+. The van der Waals surface area contributed by atoms with Crippen LogP contribution in [0, 0.1) is 11.3 Å². The Morgan fingerprint density at radius 1 is 0.914 bits per heavy atom. The molecule has 35 heavy (non-hydrogen) atoms. The molecule has 0 saturated heterocycles. The number of nitrogens with zero attached hydrogens (tertiary/aromatic N) is 1. The molecule has 176 valence electrons. The molecule has 0 unspecified atom stereocenters. The number of anilines is 2. The predicted molar refractivity (Wildman–Crippen MR) is 121 cm³/mol. The Hall–Kier alpha value is -4.91. The van der Waals surface area contributed by atoms with E-state index in [1.807, 2.05) is 0 Å². The maximum atomic E-state index is 12.7. The van der Waals surface area contributed by atoms with E-state index in [-0.39, 0.29) is 28.1 Å². The lowest BCUT2D eigenvalue weighted by Crippen LogP contribution is -2.16. The van der Waals surface area contributed by atoms with Crippen LogP contribution in [0.2, 0.25) is 0 Å². The molecule has 3 N–H and O–H groups in total. The monoisotopic (exact) mass is 479 g/mol. The molecule has 0 heterocycles. The maximum absolute atomic E-state index is 12.7. The molecule has 10 heteroatoms. The lowest BCUT2D eigenvalue weighted by Gasteiger charge is -2.09. The zero-order chi connectivity index (χ0) is 25.6. The van der Waals surface area contributed by atoms with Crippen LogP contribution in [-0.2, 0) is 11.0 Å². The third kappa shape index (κ3) is 6.33. The van der Waals surface area contributed by atoms with Gasteiger partial charge in [-0.2, -0.15) is 18.4 Å². The Bertz CT molecular complexity index is 1360. The van der Waals surface area contributed by atoms with Gasteiger partial charge >= 0.3 is 12.1 Å². The first-order valence-electron chi connectivity index (χ1n) is 9.92. The normalized spacial score (nSPS) is 11.3. The Morgan fingerprint density at radius 3 is 2.23 bits per heavy atom. The van der Waals surface area contributed by atoms with Gasteiger partial charge in [0.05, 0.1) is 16.8 Å². The maximum Gasteiger partial charge on any atom is 0.416 e. The summed E-state index contributed by atoms with van der Waals surface area (Å²) in [4.78, 5) is 36.2. The van der Waals surface area contributed by atoms with Gasteiger partial charge in [0.2, 0.25) is 0 Å². The van der Waals surface area contributed by atoms with Crippen LogP contribution in [0.3, 0.4) is 0 Å². The molecule has 0 atom stereocenters. The molecular formula is C25H16F3N3O4. The van der Waals surface area contributed by atoms with Crippen LogP contribution >= 0.6 is 0 Å². The Kier molecular flexibility index (Phi) is 7.31. The van der Waals surface area contributed by atoms with Gasteiger partial charge in [-0.05, 0) is 60.2 Å². The number of aromatic carboxylic acids is 1. The van der Waals surface area contributed by atoms with Crippen molar-refractivity contribution in [1.82, 2.24) is 0 Å². The minimum Gasteiger partial charge on any atom is -0.478 e. The predicted octanol–water partition coefficient (Wildman–Crippen LogP) is 5.20. The summed E-state index contributed by atoms with van der Waals surface area (Å²) < 4.78 is 38.1. The number of hydrogen-bond donors (Lipinski definition) is 3. The molecule has 3 rings (SSSR count). The van der Waals surface area contributed by atoms with E-state index in [1.54, 1.807) is 18.2 Å². The average Bonchev–Trinajstić information content (AvgIpc) is 2.82. The van der Waals surface area contributed by atoms with Gasteiger partial charge in [0.1, 0.15) is 11.6 Å². The van der Waals surface area contributed by atoms with Crippen molar-refractivity contribution < 1.29 is 32.7 Å². The molecular weight excluding hydrogens is 463 g/mol. The first-order chi connectivity index (χ1) is 16.6. The van der Waals surface area contributed by atoms with E-state index in [0.717, 1.165) is 24.3 Å². The number of hydrogen-bond acceptors (Lipinski definition) is 4. The smallest absolute Gasteiger partial charge is 0.416 e. The highest BCUT2D eigenvalue weighted by atomic mass is 19.4. The first-order valence-corrected chi connectivity index (χ1v) is 9.92. The summed E-state index contributed by atoms with van der Waals surface area (Å²) in [7, 11) is 0. The summed E-state index contributed by atoms with van der Waals surface area (Å²) >= 11 is 0. The number of carbonyl (C=O) groups excluding carboxylic acids is 2. The van der Waals surface area contributed by atoms with Gasteiger partial charge < -0.3 is 15.7 Å². The Balaban J connectivity index is 1.76. The SMILES string of the molecule is N#C/C(=C\c1cccc(NC(=O)c2ccc(C(F)(F)F)cc2)c1)C(=O)Nc1ccccc1C(=O)O. The highest BCUT2D eigenvalue weighted by Crippen LogP contribution is 2.29. The zero-order valence-electron chi connectivity index (χ0n) is 17.8. The fourth-order valence-corrected chi connectivity index (χ4v) is 3.00. The van der Waals surface area contributed by atoms with E-state index in [1.165, 1.54) is 42.5 Å². The van der Waals surface area contributed by atoms with Crippen molar-refractivity contribution in [2.45, 2.75) is 6.18 Å². The van der Waals surface area contributed by atoms with Crippen LogP contribution in [0.4, 0.5) is 24.5 Å². The van der Waals surface area contributed by atoms with Crippen LogP contribution in [0.5, 0.6) is 0 Å². The molecule has 0 saturated carbocycles. The van der Waals surface area contributed by atoms with Gasteiger partial charge in [0.15, 0.2) is 0 Å². The van der Waals surface area contributed by atoms with E-state index < -0.39 is 29.5 Å². The number of benzene rings is 3. The second kappa shape index (κ2) is 10.4. The third-order valence-electron chi connectivity index (χ3n) is 4.70. The number of para-hydroxylation sites is 1. The number of carbonyl (C=O) groups is 3. The van der Waals surface area contributed by atoms with Crippen molar-refractivity contribution in [3.05, 3.63) is 101 Å². The molecule has 0 radical (unpaired) electrons. The molecule has 0 aliphatic heterocycles.